The van der Waals surface area contributed by atoms with Crippen LogP contribution in [0.3, 0.4) is 0 Å². The summed E-state index contributed by atoms with van der Waals surface area (Å²) in [5.41, 5.74) is 10.1. The van der Waals surface area contributed by atoms with Gasteiger partial charge in [0, 0.05) is 23.1 Å². The number of hydrogen-bond donors (Lipinski definition) is 2. The van der Waals surface area contributed by atoms with Crippen molar-refractivity contribution in [2.24, 2.45) is 5.73 Å². The zero-order valence-electron chi connectivity index (χ0n) is 12.4. The number of benzene rings is 1. The van der Waals surface area contributed by atoms with Gasteiger partial charge >= 0.3 is 0 Å². The Kier molecular flexibility index (Phi) is 4.75. The molecule has 0 aliphatic carbocycles. The highest BCUT2D eigenvalue weighted by atomic mass is 32.1. The predicted molar refractivity (Wildman–Crippen MR) is 90.5 cm³/mol. The number of nitrogens with two attached hydrogens (primary N) is 1. The second-order valence-corrected chi connectivity index (χ2v) is 5.16. The second kappa shape index (κ2) is 6.54. The molecule has 0 spiro atoms. The molecule has 2 rings (SSSR count). The van der Waals surface area contributed by atoms with Gasteiger partial charge in [0.15, 0.2) is 0 Å². The fourth-order valence-electron chi connectivity index (χ4n) is 2.22. The number of nitrogens with one attached hydrogen (secondary N) is 1. The Morgan fingerprint density at radius 3 is 2.76 bits per heavy atom. The molecule has 2 aromatic rings. The number of hydrogen-bond acceptors (Lipinski definition) is 4. The van der Waals surface area contributed by atoms with Crippen LogP contribution in [0.2, 0.25) is 0 Å². The summed E-state index contributed by atoms with van der Waals surface area (Å²) in [7, 11) is 0. The molecule has 0 fully saturated rings. The molecule has 110 valence electrons. The maximum atomic E-state index is 5.82. The largest absolute Gasteiger partial charge is 0.494 e. The lowest BCUT2D eigenvalue weighted by Gasteiger charge is -2.15. The van der Waals surface area contributed by atoms with E-state index < -0.39 is 0 Å². The molecule has 0 saturated heterocycles. The summed E-state index contributed by atoms with van der Waals surface area (Å²) in [5.74, 6) is 0.821. The molecular weight excluding hydrogens is 282 g/mol. The summed E-state index contributed by atoms with van der Waals surface area (Å²) < 4.78 is 5.51. The van der Waals surface area contributed by atoms with Crippen LogP contribution in [-0.4, -0.2) is 16.6 Å². The number of rotatable bonds is 5. The van der Waals surface area contributed by atoms with Crippen molar-refractivity contribution in [2.45, 2.75) is 20.8 Å². The van der Waals surface area contributed by atoms with Gasteiger partial charge < -0.3 is 15.8 Å². The van der Waals surface area contributed by atoms with Crippen molar-refractivity contribution in [3.8, 4) is 5.75 Å². The van der Waals surface area contributed by atoms with Crippen molar-refractivity contribution in [1.29, 1.82) is 0 Å². The first-order valence-electron chi connectivity index (χ1n) is 6.79. The summed E-state index contributed by atoms with van der Waals surface area (Å²) in [6.45, 7) is 6.44. The van der Waals surface area contributed by atoms with E-state index in [1.807, 2.05) is 51.1 Å². The van der Waals surface area contributed by atoms with Crippen LogP contribution >= 0.6 is 12.2 Å². The number of thiocarbonyl (C=S) groups is 1. The van der Waals surface area contributed by atoms with Crippen molar-refractivity contribution in [3.05, 3.63) is 47.3 Å². The van der Waals surface area contributed by atoms with E-state index in [2.05, 4.69) is 10.3 Å². The fraction of sp³-hybridized carbons (Fsp3) is 0.250. The normalized spacial score (nSPS) is 10.2. The number of nitrogens with zero attached hydrogens (tertiary/aromatic N) is 1. The average molecular weight is 301 g/mol. The molecular formula is C16H19N3OS. The van der Waals surface area contributed by atoms with Gasteiger partial charge in [0.1, 0.15) is 10.7 Å². The molecule has 3 N–H and O–H groups in total. The molecule has 0 bridgehead atoms. The van der Waals surface area contributed by atoms with Crippen molar-refractivity contribution in [3.63, 3.8) is 0 Å². The van der Waals surface area contributed by atoms with Crippen molar-refractivity contribution >= 4 is 28.6 Å². The Balaban J connectivity index is 2.39. The fourth-order valence-corrected chi connectivity index (χ4v) is 2.48. The molecule has 0 unspecified atom stereocenters. The van der Waals surface area contributed by atoms with E-state index in [0.717, 1.165) is 34.1 Å². The van der Waals surface area contributed by atoms with Crippen molar-refractivity contribution in [2.75, 3.05) is 11.9 Å². The second-order valence-electron chi connectivity index (χ2n) is 4.72. The molecule has 1 aromatic carbocycles. The van der Waals surface area contributed by atoms with Gasteiger partial charge in [-0.1, -0.05) is 18.3 Å². The highest BCUT2D eigenvalue weighted by Crippen LogP contribution is 2.26. The summed E-state index contributed by atoms with van der Waals surface area (Å²) in [4.78, 5) is 4.75. The number of anilines is 2. The van der Waals surface area contributed by atoms with Gasteiger partial charge in [-0.3, -0.25) is 4.98 Å². The van der Waals surface area contributed by atoms with E-state index in [9.17, 15) is 0 Å². The standard InChI is InChI=1S/C16H19N3OS/c1-4-20-13-7-5-6-12(9-13)19-14-8-10(2)18-11(3)15(14)16(17)21/h5-9H,4H2,1-3H3,(H2,17,21)(H,18,19). The molecule has 0 radical (unpaired) electrons. The first kappa shape index (κ1) is 15.3. The topological polar surface area (TPSA) is 60.2 Å². The predicted octanol–water partition coefficient (Wildman–Crippen LogP) is 3.47. The monoisotopic (exact) mass is 301 g/mol. The third-order valence-electron chi connectivity index (χ3n) is 3.00. The van der Waals surface area contributed by atoms with Crippen LogP contribution < -0.4 is 15.8 Å². The minimum absolute atomic E-state index is 0.337. The molecule has 1 aromatic heterocycles. The van der Waals surface area contributed by atoms with Gasteiger partial charge in [0.2, 0.25) is 0 Å². The third kappa shape index (κ3) is 3.70. The van der Waals surface area contributed by atoms with Gasteiger partial charge in [-0.15, -0.1) is 0 Å². The number of pyridine rings is 1. The van der Waals surface area contributed by atoms with E-state index in [0.29, 0.717) is 11.6 Å². The summed E-state index contributed by atoms with van der Waals surface area (Å²) in [6, 6.07) is 9.71. The van der Waals surface area contributed by atoms with Crippen LogP contribution in [0, 0.1) is 13.8 Å². The molecule has 0 aliphatic heterocycles. The molecule has 21 heavy (non-hydrogen) atoms. The van der Waals surface area contributed by atoms with Gasteiger partial charge in [0.25, 0.3) is 0 Å². The van der Waals surface area contributed by atoms with E-state index in [1.54, 1.807) is 0 Å². The summed E-state index contributed by atoms with van der Waals surface area (Å²) >= 11 is 5.14. The van der Waals surface area contributed by atoms with Gasteiger partial charge in [-0.2, -0.15) is 0 Å². The quantitative estimate of drug-likeness (QED) is 0.828. The van der Waals surface area contributed by atoms with Gasteiger partial charge in [-0.05, 0) is 39.0 Å². The van der Waals surface area contributed by atoms with Crippen LogP contribution in [-0.2, 0) is 0 Å². The molecule has 0 aliphatic rings. The van der Waals surface area contributed by atoms with Crippen LogP contribution in [0.25, 0.3) is 0 Å². The van der Waals surface area contributed by atoms with Gasteiger partial charge in [-0.25, -0.2) is 0 Å². The maximum absolute atomic E-state index is 5.82. The molecule has 0 atom stereocenters. The van der Waals surface area contributed by atoms with E-state index >= 15 is 0 Å². The highest BCUT2D eigenvalue weighted by molar-refractivity contribution is 7.80. The van der Waals surface area contributed by atoms with Crippen LogP contribution in [0.1, 0.15) is 23.9 Å². The first-order valence-corrected chi connectivity index (χ1v) is 7.20. The SMILES string of the molecule is CCOc1cccc(Nc2cc(C)nc(C)c2C(N)=S)c1. The summed E-state index contributed by atoms with van der Waals surface area (Å²) in [5, 5.41) is 3.35. The van der Waals surface area contributed by atoms with Crippen LogP contribution in [0.15, 0.2) is 30.3 Å². The van der Waals surface area contributed by atoms with Crippen LogP contribution in [0.5, 0.6) is 5.75 Å². The van der Waals surface area contributed by atoms with E-state index in [4.69, 9.17) is 22.7 Å². The molecule has 0 saturated carbocycles. The minimum Gasteiger partial charge on any atom is -0.494 e. The Morgan fingerprint density at radius 1 is 1.33 bits per heavy atom. The number of aromatic nitrogens is 1. The maximum Gasteiger partial charge on any atom is 0.121 e. The molecule has 1 heterocycles. The van der Waals surface area contributed by atoms with Gasteiger partial charge in [0.05, 0.1) is 17.9 Å². The zero-order chi connectivity index (χ0) is 15.4. The molecule has 0 amide bonds. The number of ether oxygens (including phenoxy) is 1. The highest BCUT2D eigenvalue weighted by Gasteiger charge is 2.11. The lowest BCUT2D eigenvalue weighted by molar-refractivity contribution is 0.340. The first-order chi connectivity index (χ1) is 10.0. The average Bonchev–Trinajstić information content (AvgIpc) is 2.38. The number of aryl methyl sites for hydroxylation is 2. The van der Waals surface area contributed by atoms with Crippen LogP contribution in [0.4, 0.5) is 11.4 Å². The summed E-state index contributed by atoms with van der Waals surface area (Å²) in [6.07, 6.45) is 0. The van der Waals surface area contributed by atoms with E-state index in [-0.39, 0.29) is 0 Å². The Hall–Kier alpha value is -2.14. The Bertz CT molecular complexity index is 671. The lowest BCUT2D eigenvalue weighted by atomic mass is 10.1. The lowest BCUT2D eigenvalue weighted by Crippen LogP contribution is -2.15. The van der Waals surface area contributed by atoms with E-state index in [1.165, 1.54) is 0 Å². The van der Waals surface area contributed by atoms with Crippen molar-refractivity contribution in [1.82, 2.24) is 4.98 Å². The molecule has 4 nitrogen and oxygen atoms in total. The molecule has 5 heteroatoms. The Morgan fingerprint density at radius 2 is 2.10 bits per heavy atom. The minimum atomic E-state index is 0.337. The Labute approximate surface area is 130 Å². The smallest absolute Gasteiger partial charge is 0.121 e. The third-order valence-corrected chi connectivity index (χ3v) is 3.20. The van der Waals surface area contributed by atoms with Crippen molar-refractivity contribution < 1.29 is 4.74 Å². The zero-order valence-corrected chi connectivity index (χ0v) is 13.3.